The van der Waals surface area contributed by atoms with Gasteiger partial charge in [0, 0.05) is 16.3 Å². The summed E-state index contributed by atoms with van der Waals surface area (Å²) in [6, 6.07) is 31.5. The van der Waals surface area contributed by atoms with Gasteiger partial charge >= 0.3 is 0 Å². The molecule has 0 N–H and O–H groups in total. The summed E-state index contributed by atoms with van der Waals surface area (Å²) in [5.74, 6) is 1.92. The molecule has 0 spiro atoms. The third-order valence-electron chi connectivity index (χ3n) is 6.53. The minimum atomic E-state index is 0.580. The second kappa shape index (κ2) is 8.44. The fraction of sp³-hybridized carbons (Fsp3) is 0.0968. The highest BCUT2D eigenvalue weighted by Gasteiger charge is 2.18. The number of hydrogen-bond acceptors (Lipinski definition) is 4. The molecule has 0 saturated carbocycles. The molecular weight excluding hydrogens is 442 g/mol. The van der Waals surface area contributed by atoms with E-state index < -0.39 is 0 Å². The Kier molecular flexibility index (Phi) is 5.09. The number of rotatable bonds is 3. The zero-order valence-corrected chi connectivity index (χ0v) is 20.3. The molecule has 0 fully saturated rings. The Morgan fingerprint density at radius 1 is 0.667 bits per heavy atom. The highest BCUT2D eigenvalue weighted by atomic mass is 15.0. The second-order valence-electron chi connectivity index (χ2n) is 9.05. The summed E-state index contributed by atoms with van der Waals surface area (Å²) < 4.78 is 2.23. The van der Waals surface area contributed by atoms with Crippen LogP contribution in [-0.2, 0) is 0 Å². The number of para-hydroxylation sites is 1. The molecule has 2 heterocycles. The van der Waals surface area contributed by atoms with E-state index in [9.17, 15) is 5.26 Å². The number of aromatic nitrogens is 4. The standard InChI is InChI=1S/C31H23N5/c1-19-8-11-23(12-9-19)24-13-15-26-25-6-4-5-7-28(25)36(30(26)17-24)29-16-22(18-32)10-14-27(29)31-34-20(2)33-21(3)35-31/h4-17H,1-3H3. The van der Waals surface area contributed by atoms with Crippen molar-refractivity contribution in [2.45, 2.75) is 20.8 Å². The van der Waals surface area contributed by atoms with Crippen LogP contribution in [0.4, 0.5) is 0 Å². The first-order valence-electron chi connectivity index (χ1n) is 11.9. The summed E-state index contributed by atoms with van der Waals surface area (Å²) >= 11 is 0. The molecule has 6 aromatic rings. The van der Waals surface area contributed by atoms with E-state index in [-0.39, 0.29) is 0 Å². The van der Waals surface area contributed by atoms with Crippen LogP contribution >= 0.6 is 0 Å². The fourth-order valence-corrected chi connectivity index (χ4v) is 4.87. The van der Waals surface area contributed by atoms with Crippen LogP contribution in [0.3, 0.4) is 0 Å². The van der Waals surface area contributed by atoms with Crippen molar-refractivity contribution in [3.05, 3.63) is 108 Å². The van der Waals surface area contributed by atoms with Crippen LogP contribution in [-0.4, -0.2) is 19.5 Å². The van der Waals surface area contributed by atoms with Crippen molar-refractivity contribution in [2.75, 3.05) is 0 Å². The molecule has 5 nitrogen and oxygen atoms in total. The van der Waals surface area contributed by atoms with Gasteiger partial charge in [-0.1, -0.05) is 60.2 Å². The molecule has 0 aliphatic heterocycles. The van der Waals surface area contributed by atoms with Crippen molar-refractivity contribution in [1.82, 2.24) is 19.5 Å². The normalized spacial score (nSPS) is 11.2. The zero-order valence-electron chi connectivity index (χ0n) is 20.3. The van der Waals surface area contributed by atoms with Gasteiger partial charge in [0.05, 0.1) is 28.4 Å². The Labute approximate surface area is 209 Å². The van der Waals surface area contributed by atoms with Crippen LogP contribution in [0.25, 0.3) is 50.0 Å². The van der Waals surface area contributed by atoms with Crippen LogP contribution in [0.1, 0.15) is 22.8 Å². The van der Waals surface area contributed by atoms with E-state index in [2.05, 4.69) is 93.2 Å². The maximum atomic E-state index is 9.75. The van der Waals surface area contributed by atoms with Gasteiger partial charge in [-0.2, -0.15) is 5.26 Å². The summed E-state index contributed by atoms with van der Waals surface area (Å²) in [4.78, 5) is 13.6. The van der Waals surface area contributed by atoms with E-state index in [1.165, 1.54) is 5.56 Å². The van der Waals surface area contributed by atoms with Crippen molar-refractivity contribution in [3.63, 3.8) is 0 Å². The number of benzene rings is 4. The summed E-state index contributed by atoms with van der Waals surface area (Å²) in [5.41, 5.74) is 7.95. The van der Waals surface area contributed by atoms with E-state index in [0.717, 1.165) is 44.2 Å². The molecule has 0 amide bonds. The molecule has 6 rings (SSSR count). The molecule has 0 radical (unpaired) electrons. The van der Waals surface area contributed by atoms with Crippen molar-refractivity contribution < 1.29 is 0 Å². The van der Waals surface area contributed by atoms with Gasteiger partial charge in [0.15, 0.2) is 5.82 Å². The van der Waals surface area contributed by atoms with Crippen LogP contribution in [0.5, 0.6) is 0 Å². The Morgan fingerprint density at radius 2 is 1.36 bits per heavy atom. The van der Waals surface area contributed by atoms with Crippen LogP contribution < -0.4 is 0 Å². The van der Waals surface area contributed by atoms with Crippen molar-refractivity contribution in [2.24, 2.45) is 0 Å². The molecule has 0 bridgehead atoms. The Morgan fingerprint density at radius 3 is 2.11 bits per heavy atom. The van der Waals surface area contributed by atoms with Gasteiger partial charge in [-0.3, -0.25) is 0 Å². The van der Waals surface area contributed by atoms with E-state index in [4.69, 9.17) is 0 Å². The number of fused-ring (bicyclic) bond motifs is 3. The molecule has 0 unspecified atom stereocenters. The molecular formula is C31H23N5. The molecule has 0 saturated heterocycles. The van der Waals surface area contributed by atoms with E-state index in [0.29, 0.717) is 23.0 Å². The maximum absolute atomic E-state index is 9.75. The molecule has 2 aromatic heterocycles. The molecule has 0 aliphatic rings. The van der Waals surface area contributed by atoms with Crippen LogP contribution in [0.15, 0.2) is 84.9 Å². The Balaban J connectivity index is 1.71. The van der Waals surface area contributed by atoms with Gasteiger partial charge in [-0.05, 0) is 62.2 Å². The number of aryl methyl sites for hydroxylation is 3. The van der Waals surface area contributed by atoms with E-state index >= 15 is 0 Å². The average Bonchev–Trinajstić information content (AvgIpc) is 3.21. The first-order chi connectivity index (χ1) is 17.5. The Bertz CT molecular complexity index is 1800. The predicted molar refractivity (Wildman–Crippen MR) is 144 cm³/mol. The molecule has 172 valence electrons. The largest absolute Gasteiger partial charge is 0.308 e. The molecule has 5 heteroatoms. The van der Waals surface area contributed by atoms with Gasteiger partial charge in [0.25, 0.3) is 0 Å². The van der Waals surface area contributed by atoms with Crippen molar-refractivity contribution >= 4 is 21.8 Å². The third-order valence-corrected chi connectivity index (χ3v) is 6.53. The van der Waals surface area contributed by atoms with Gasteiger partial charge < -0.3 is 4.57 Å². The lowest BCUT2D eigenvalue weighted by Gasteiger charge is -2.14. The molecule has 4 aromatic carbocycles. The molecule has 36 heavy (non-hydrogen) atoms. The van der Waals surface area contributed by atoms with Gasteiger partial charge in [0.1, 0.15) is 11.6 Å². The zero-order chi connectivity index (χ0) is 24.8. The lowest BCUT2D eigenvalue weighted by atomic mass is 10.0. The van der Waals surface area contributed by atoms with E-state index in [1.807, 2.05) is 38.1 Å². The highest BCUT2D eigenvalue weighted by molar-refractivity contribution is 6.10. The van der Waals surface area contributed by atoms with E-state index in [1.54, 1.807) is 0 Å². The van der Waals surface area contributed by atoms with Gasteiger partial charge in [0.2, 0.25) is 0 Å². The number of hydrogen-bond donors (Lipinski definition) is 0. The Hall–Kier alpha value is -4.82. The average molecular weight is 466 g/mol. The van der Waals surface area contributed by atoms with Gasteiger partial charge in [-0.15, -0.1) is 0 Å². The summed E-state index contributed by atoms with van der Waals surface area (Å²) in [6.45, 7) is 5.84. The minimum Gasteiger partial charge on any atom is -0.308 e. The SMILES string of the molecule is Cc1ccc(-c2ccc3c4ccccc4n(-c4cc(C#N)ccc4-c4nc(C)nc(C)n4)c3c2)cc1. The fourth-order valence-electron chi connectivity index (χ4n) is 4.87. The lowest BCUT2D eigenvalue weighted by molar-refractivity contribution is 0.926. The summed E-state index contributed by atoms with van der Waals surface area (Å²) in [5, 5.41) is 12.1. The first-order valence-corrected chi connectivity index (χ1v) is 11.9. The lowest BCUT2D eigenvalue weighted by Crippen LogP contribution is -2.03. The smallest absolute Gasteiger partial charge is 0.165 e. The monoisotopic (exact) mass is 465 g/mol. The topological polar surface area (TPSA) is 67.4 Å². The molecule has 0 atom stereocenters. The molecule has 0 aliphatic carbocycles. The highest BCUT2D eigenvalue weighted by Crippen LogP contribution is 2.37. The van der Waals surface area contributed by atoms with Crippen molar-refractivity contribution in [3.8, 4) is 34.3 Å². The van der Waals surface area contributed by atoms with Crippen molar-refractivity contribution in [1.29, 1.82) is 5.26 Å². The maximum Gasteiger partial charge on any atom is 0.165 e. The summed E-state index contributed by atoms with van der Waals surface area (Å²) in [7, 11) is 0. The second-order valence-corrected chi connectivity index (χ2v) is 9.05. The van der Waals surface area contributed by atoms with Gasteiger partial charge in [-0.25, -0.2) is 15.0 Å². The summed E-state index contributed by atoms with van der Waals surface area (Å²) in [6.07, 6.45) is 0. The minimum absolute atomic E-state index is 0.580. The first kappa shape index (κ1) is 21.7. The predicted octanol–water partition coefficient (Wildman–Crippen LogP) is 7.10. The van der Waals surface area contributed by atoms with Crippen LogP contribution in [0.2, 0.25) is 0 Å². The quantitative estimate of drug-likeness (QED) is 0.280. The third kappa shape index (κ3) is 3.60. The number of nitrogens with zero attached hydrogens (tertiary/aromatic N) is 5. The number of nitriles is 1. The van der Waals surface area contributed by atoms with Crippen LogP contribution in [0, 0.1) is 32.1 Å².